The summed E-state index contributed by atoms with van der Waals surface area (Å²) in [6.07, 6.45) is 0. The molecule has 0 unspecified atom stereocenters. The van der Waals surface area contributed by atoms with Gasteiger partial charge in [-0.1, -0.05) is 0 Å². The first kappa shape index (κ1) is 17.9. The molecule has 2 saturated heterocycles. The molecule has 2 aliphatic rings. The number of hydrogen-bond donors (Lipinski definition) is 0. The average molecular weight is 359 g/mol. The van der Waals surface area contributed by atoms with Crippen molar-refractivity contribution in [2.75, 3.05) is 57.4 Å². The number of benzene rings is 1. The van der Waals surface area contributed by atoms with Crippen molar-refractivity contribution in [3.63, 3.8) is 0 Å². The van der Waals surface area contributed by atoms with Crippen molar-refractivity contribution in [3.05, 3.63) is 33.4 Å². The molecule has 0 saturated carbocycles. The lowest BCUT2D eigenvalue weighted by molar-refractivity contribution is -0.385. The second-order valence-electron chi connectivity index (χ2n) is 6.36. The molecule has 2 amide bonds. The lowest BCUT2D eigenvalue weighted by atomic mass is 10.1. The Morgan fingerprint density at radius 3 is 2.35 bits per heavy atom. The van der Waals surface area contributed by atoms with Gasteiger partial charge in [-0.15, -0.1) is 0 Å². The molecule has 3 rings (SSSR count). The summed E-state index contributed by atoms with van der Waals surface area (Å²) in [6.45, 7) is 6.26. The Bertz CT molecular complexity index is 746. The number of nitriles is 1. The molecule has 2 fully saturated rings. The van der Waals surface area contributed by atoms with Crippen molar-refractivity contribution in [1.29, 1.82) is 5.26 Å². The third kappa shape index (κ3) is 3.55. The molecule has 0 spiro atoms. The molecule has 0 bridgehead atoms. The average Bonchev–Trinajstić information content (AvgIpc) is 2.68. The minimum atomic E-state index is -0.460. The summed E-state index contributed by atoms with van der Waals surface area (Å²) in [6, 6.07) is 4.98. The Morgan fingerprint density at radius 1 is 1.15 bits per heavy atom. The first-order valence-corrected chi connectivity index (χ1v) is 8.57. The van der Waals surface area contributed by atoms with E-state index in [1.54, 1.807) is 22.8 Å². The van der Waals surface area contributed by atoms with Gasteiger partial charge in [0.2, 0.25) is 0 Å². The Balaban J connectivity index is 1.72. The number of ether oxygens (including phenoxy) is 1. The van der Waals surface area contributed by atoms with Crippen LogP contribution >= 0.6 is 0 Å². The summed E-state index contributed by atoms with van der Waals surface area (Å²) in [7, 11) is 0. The Kier molecular flexibility index (Phi) is 5.23. The maximum atomic E-state index is 12.6. The number of amides is 2. The van der Waals surface area contributed by atoms with E-state index < -0.39 is 4.92 Å². The van der Waals surface area contributed by atoms with E-state index in [9.17, 15) is 14.9 Å². The highest BCUT2D eigenvalue weighted by Gasteiger charge is 2.28. The highest BCUT2D eigenvalue weighted by atomic mass is 16.6. The van der Waals surface area contributed by atoms with Gasteiger partial charge in [0.25, 0.3) is 5.69 Å². The fourth-order valence-electron chi connectivity index (χ4n) is 3.36. The second kappa shape index (κ2) is 7.58. The lowest BCUT2D eigenvalue weighted by Crippen LogP contribution is -2.55. The van der Waals surface area contributed by atoms with Gasteiger partial charge in [-0.25, -0.2) is 4.79 Å². The van der Waals surface area contributed by atoms with E-state index >= 15 is 0 Å². The van der Waals surface area contributed by atoms with Crippen molar-refractivity contribution in [3.8, 4) is 6.07 Å². The Morgan fingerprint density at radius 2 is 1.77 bits per heavy atom. The molecule has 2 heterocycles. The van der Waals surface area contributed by atoms with E-state index in [1.807, 2.05) is 11.0 Å². The summed E-state index contributed by atoms with van der Waals surface area (Å²) in [5.41, 5.74) is 1.45. The molecule has 0 radical (unpaired) electrons. The van der Waals surface area contributed by atoms with Gasteiger partial charge in [-0.05, 0) is 13.0 Å². The van der Waals surface area contributed by atoms with Crippen LogP contribution in [0.1, 0.15) is 11.1 Å². The predicted octanol–water partition coefficient (Wildman–Crippen LogP) is 1.35. The van der Waals surface area contributed by atoms with Crippen molar-refractivity contribution < 1.29 is 14.5 Å². The van der Waals surface area contributed by atoms with Crippen LogP contribution in [-0.4, -0.2) is 73.2 Å². The molecule has 138 valence electrons. The Hall–Kier alpha value is -2.86. The zero-order chi connectivity index (χ0) is 18.7. The van der Waals surface area contributed by atoms with E-state index in [0.29, 0.717) is 63.7 Å². The second-order valence-corrected chi connectivity index (χ2v) is 6.36. The van der Waals surface area contributed by atoms with Crippen molar-refractivity contribution in [2.45, 2.75) is 6.92 Å². The van der Waals surface area contributed by atoms with Crippen LogP contribution in [-0.2, 0) is 4.74 Å². The van der Waals surface area contributed by atoms with Gasteiger partial charge in [-0.3, -0.25) is 10.1 Å². The fourth-order valence-corrected chi connectivity index (χ4v) is 3.36. The van der Waals surface area contributed by atoms with E-state index in [1.165, 1.54) is 6.07 Å². The van der Waals surface area contributed by atoms with Crippen LogP contribution in [0, 0.1) is 28.4 Å². The number of rotatable bonds is 2. The normalized spacial score (nSPS) is 17.8. The molecule has 0 aliphatic carbocycles. The number of nitro groups is 1. The molecule has 0 atom stereocenters. The van der Waals surface area contributed by atoms with Gasteiger partial charge in [0, 0.05) is 51.0 Å². The molecule has 2 aliphatic heterocycles. The number of morpholine rings is 1. The zero-order valence-electron chi connectivity index (χ0n) is 14.7. The quantitative estimate of drug-likeness (QED) is 0.583. The first-order chi connectivity index (χ1) is 12.5. The highest BCUT2D eigenvalue weighted by Crippen LogP contribution is 2.31. The number of hydrogen-bond acceptors (Lipinski definition) is 6. The maximum Gasteiger partial charge on any atom is 0.320 e. The number of urea groups is 1. The highest BCUT2D eigenvalue weighted by molar-refractivity contribution is 5.75. The minimum Gasteiger partial charge on any atom is -0.378 e. The molecule has 0 aromatic heterocycles. The van der Waals surface area contributed by atoms with Crippen molar-refractivity contribution in [1.82, 2.24) is 9.80 Å². The van der Waals surface area contributed by atoms with Gasteiger partial charge >= 0.3 is 6.03 Å². The van der Waals surface area contributed by atoms with Gasteiger partial charge in [0.1, 0.15) is 0 Å². The number of anilines is 1. The maximum absolute atomic E-state index is 12.6. The molecular formula is C17H21N5O4. The standard InChI is InChI=1S/C17H21N5O4/c1-13-15(10-14(12-18)11-16(13)22(24)25)19-2-4-20(5-3-19)17(23)21-6-8-26-9-7-21/h10-11H,2-9H2,1H3. The van der Waals surface area contributed by atoms with Gasteiger partial charge in [-0.2, -0.15) is 5.26 Å². The lowest BCUT2D eigenvalue weighted by Gasteiger charge is -2.39. The third-order valence-electron chi connectivity index (χ3n) is 4.85. The predicted molar refractivity (Wildman–Crippen MR) is 94.1 cm³/mol. The largest absolute Gasteiger partial charge is 0.378 e. The fraction of sp³-hybridized carbons (Fsp3) is 0.529. The molecule has 0 N–H and O–H groups in total. The summed E-state index contributed by atoms with van der Waals surface area (Å²) in [5.74, 6) is 0. The molecular weight excluding hydrogens is 338 g/mol. The summed E-state index contributed by atoms with van der Waals surface area (Å²) < 4.78 is 5.28. The van der Waals surface area contributed by atoms with Gasteiger partial charge in [0.15, 0.2) is 0 Å². The minimum absolute atomic E-state index is 0.0152. The van der Waals surface area contributed by atoms with E-state index in [4.69, 9.17) is 10.00 Å². The van der Waals surface area contributed by atoms with Crippen molar-refractivity contribution >= 4 is 17.4 Å². The van der Waals surface area contributed by atoms with E-state index in [-0.39, 0.29) is 17.3 Å². The SMILES string of the molecule is Cc1c(N2CCN(C(=O)N3CCOCC3)CC2)cc(C#N)cc1[N+](=O)[O-]. The summed E-state index contributed by atoms with van der Waals surface area (Å²) in [5, 5.41) is 20.4. The van der Waals surface area contributed by atoms with Crippen LogP contribution in [0.15, 0.2) is 12.1 Å². The van der Waals surface area contributed by atoms with Crippen LogP contribution in [0.5, 0.6) is 0 Å². The molecule has 1 aromatic rings. The first-order valence-electron chi connectivity index (χ1n) is 8.57. The third-order valence-corrected chi connectivity index (χ3v) is 4.85. The summed E-state index contributed by atoms with van der Waals surface area (Å²) in [4.78, 5) is 29.0. The topological polar surface area (TPSA) is 103 Å². The number of nitrogens with zero attached hydrogens (tertiary/aromatic N) is 5. The van der Waals surface area contributed by atoms with Crippen LogP contribution in [0.4, 0.5) is 16.2 Å². The van der Waals surface area contributed by atoms with Crippen LogP contribution in [0.3, 0.4) is 0 Å². The number of carbonyl (C=O) groups excluding carboxylic acids is 1. The number of piperazine rings is 1. The van der Waals surface area contributed by atoms with Gasteiger partial charge < -0.3 is 19.4 Å². The van der Waals surface area contributed by atoms with Crippen LogP contribution in [0.2, 0.25) is 0 Å². The molecule has 1 aromatic carbocycles. The smallest absolute Gasteiger partial charge is 0.320 e. The van der Waals surface area contributed by atoms with Crippen LogP contribution in [0.25, 0.3) is 0 Å². The molecule has 9 heteroatoms. The number of nitro benzene ring substituents is 1. The number of carbonyl (C=O) groups is 1. The van der Waals surface area contributed by atoms with Gasteiger partial charge in [0.05, 0.1) is 35.3 Å². The van der Waals surface area contributed by atoms with E-state index in [0.717, 1.165) is 0 Å². The molecule has 9 nitrogen and oxygen atoms in total. The Labute approximate surface area is 151 Å². The van der Waals surface area contributed by atoms with Crippen LogP contribution < -0.4 is 4.90 Å². The monoisotopic (exact) mass is 359 g/mol. The van der Waals surface area contributed by atoms with Crippen molar-refractivity contribution in [2.24, 2.45) is 0 Å². The summed E-state index contributed by atoms with van der Waals surface area (Å²) >= 11 is 0. The van der Waals surface area contributed by atoms with E-state index in [2.05, 4.69) is 0 Å². The zero-order valence-corrected chi connectivity index (χ0v) is 14.7. The molecule has 26 heavy (non-hydrogen) atoms.